The Morgan fingerprint density at radius 1 is 0.468 bits per heavy atom. The highest BCUT2D eigenvalue weighted by Gasteiger charge is 2.18. The summed E-state index contributed by atoms with van der Waals surface area (Å²) in [6.07, 6.45) is 6.78. The van der Waals surface area contributed by atoms with Crippen molar-refractivity contribution in [1.29, 1.82) is 0 Å². The van der Waals surface area contributed by atoms with Crippen molar-refractivity contribution >= 4 is 38.3 Å². The molecule has 1 aliphatic carbocycles. The summed E-state index contributed by atoms with van der Waals surface area (Å²) in [5, 5.41) is 3.73. The van der Waals surface area contributed by atoms with Crippen molar-refractivity contribution in [3.05, 3.63) is 156 Å². The standard InChI is InChI=1S/C43H29N3S/c1-3-11-28(12-4-1)29-21-23-30(24-22-29)32-15-9-17-34(25-32)42-44-41(31-13-5-2-6-14-31)45-43(46-42)36-19-10-16-33-26-38-35-18-7-8-20-39(35)47-40(38)27-37(33)36/h1-6,8-17,19-27H,7,18H2. The lowest BCUT2D eigenvalue weighted by Gasteiger charge is -2.12. The van der Waals surface area contributed by atoms with E-state index in [1.165, 1.54) is 37.0 Å². The highest BCUT2D eigenvalue weighted by Crippen LogP contribution is 2.40. The molecule has 0 saturated heterocycles. The summed E-state index contributed by atoms with van der Waals surface area (Å²) in [6.45, 7) is 0. The van der Waals surface area contributed by atoms with Gasteiger partial charge in [-0.05, 0) is 81.1 Å². The molecule has 3 nitrogen and oxygen atoms in total. The molecule has 6 aromatic carbocycles. The Balaban J connectivity index is 1.17. The number of hydrogen-bond donors (Lipinski definition) is 0. The predicted molar refractivity (Wildman–Crippen MR) is 197 cm³/mol. The number of rotatable bonds is 5. The van der Waals surface area contributed by atoms with E-state index < -0.39 is 0 Å². The Labute approximate surface area is 277 Å². The quantitative estimate of drug-likeness (QED) is 0.192. The van der Waals surface area contributed by atoms with Gasteiger partial charge in [0.15, 0.2) is 17.5 Å². The van der Waals surface area contributed by atoms with Crippen LogP contribution in [0, 0.1) is 0 Å². The maximum absolute atomic E-state index is 5.15. The zero-order chi connectivity index (χ0) is 31.2. The zero-order valence-electron chi connectivity index (χ0n) is 25.6. The molecule has 0 radical (unpaired) electrons. The van der Waals surface area contributed by atoms with Crippen LogP contribution in [0.1, 0.15) is 16.9 Å². The molecule has 0 atom stereocenters. The van der Waals surface area contributed by atoms with E-state index in [4.69, 9.17) is 15.0 Å². The summed E-state index contributed by atoms with van der Waals surface area (Å²) >= 11 is 1.88. The average Bonchev–Trinajstić information content (AvgIpc) is 3.52. The maximum Gasteiger partial charge on any atom is 0.164 e. The van der Waals surface area contributed by atoms with E-state index in [0.29, 0.717) is 17.5 Å². The molecule has 47 heavy (non-hydrogen) atoms. The van der Waals surface area contributed by atoms with Crippen LogP contribution < -0.4 is 0 Å². The molecule has 0 spiro atoms. The van der Waals surface area contributed by atoms with Crippen LogP contribution in [0.2, 0.25) is 0 Å². The van der Waals surface area contributed by atoms with Gasteiger partial charge in [-0.25, -0.2) is 15.0 Å². The predicted octanol–water partition coefficient (Wildman–Crippen LogP) is 11.5. The Hall–Kier alpha value is -5.71. The molecule has 0 bridgehead atoms. The molecule has 222 valence electrons. The Kier molecular flexibility index (Phi) is 6.80. The van der Waals surface area contributed by atoms with Gasteiger partial charge in [-0.3, -0.25) is 0 Å². The van der Waals surface area contributed by atoms with Gasteiger partial charge in [0.1, 0.15) is 0 Å². The fourth-order valence-electron chi connectivity index (χ4n) is 6.61. The molecule has 8 aromatic rings. The first-order valence-corrected chi connectivity index (χ1v) is 16.8. The molecule has 4 heteroatoms. The molecule has 0 unspecified atom stereocenters. The Morgan fingerprint density at radius 3 is 1.87 bits per heavy atom. The Bertz CT molecular complexity index is 2440. The van der Waals surface area contributed by atoms with Gasteiger partial charge in [0.05, 0.1) is 0 Å². The lowest BCUT2D eigenvalue weighted by atomic mass is 9.97. The third-order valence-corrected chi connectivity index (χ3v) is 10.2. The second-order valence-electron chi connectivity index (χ2n) is 12.0. The van der Waals surface area contributed by atoms with Crippen LogP contribution in [-0.4, -0.2) is 15.0 Å². The highest BCUT2D eigenvalue weighted by molar-refractivity contribution is 7.20. The topological polar surface area (TPSA) is 38.7 Å². The van der Waals surface area contributed by atoms with Gasteiger partial charge in [-0.1, -0.05) is 127 Å². The van der Waals surface area contributed by atoms with Crippen LogP contribution in [0.15, 0.2) is 146 Å². The van der Waals surface area contributed by atoms with Crippen LogP contribution in [0.4, 0.5) is 0 Å². The monoisotopic (exact) mass is 619 g/mol. The first-order chi connectivity index (χ1) is 23.3. The largest absolute Gasteiger partial charge is 0.208 e. The van der Waals surface area contributed by atoms with E-state index in [9.17, 15) is 0 Å². The van der Waals surface area contributed by atoms with Gasteiger partial charge in [-0.2, -0.15) is 0 Å². The van der Waals surface area contributed by atoms with Crippen LogP contribution in [-0.2, 0) is 6.42 Å². The summed E-state index contributed by atoms with van der Waals surface area (Å²) in [7, 11) is 0. The minimum Gasteiger partial charge on any atom is -0.208 e. The molecule has 1 aliphatic rings. The van der Waals surface area contributed by atoms with E-state index in [1.54, 1.807) is 0 Å². The SMILES string of the molecule is C1=Cc2sc3cc4c(-c5nc(-c6ccccc6)nc(-c6cccc(-c7ccc(-c8ccccc8)cc7)c6)n5)cccc4cc3c2CC1. The van der Waals surface area contributed by atoms with E-state index in [0.717, 1.165) is 46.0 Å². The maximum atomic E-state index is 5.15. The fourth-order valence-corrected chi connectivity index (χ4v) is 7.81. The molecular formula is C43H29N3S. The molecular weight excluding hydrogens is 591 g/mol. The summed E-state index contributed by atoms with van der Waals surface area (Å²) in [5.41, 5.74) is 9.09. The molecule has 2 aromatic heterocycles. The highest BCUT2D eigenvalue weighted by atomic mass is 32.1. The van der Waals surface area contributed by atoms with Crippen molar-refractivity contribution < 1.29 is 0 Å². The third kappa shape index (κ3) is 5.13. The van der Waals surface area contributed by atoms with Crippen molar-refractivity contribution in [1.82, 2.24) is 15.0 Å². The number of thiophene rings is 1. The smallest absolute Gasteiger partial charge is 0.164 e. The van der Waals surface area contributed by atoms with Gasteiger partial charge in [-0.15, -0.1) is 11.3 Å². The van der Waals surface area contributed by atoms with E-state index in [-0.39, 0.29) is 0 Å². The van der Waals surface area contributed by atoms with Crippen molar-refractivity contribution in [2.45, 2.75) is 12.8 Å². The molecule has 0 N–H and O–H groups in total. The van der Waals surface area contributed by atoms with Crippen LogP contribution in [0.25, 0.3) is 83.4 Å². The number of hydrogen-bond acceptors (Lipinski definition) is 4. The van der Waals surface area contributed by atoms with Gasteiger partial charge in [0, 0.05) is 26.3 Å². The van der Waals surface area contributed by atoms with Gasteiger partial charge >= 0.3 is 0 Å². The Morgan fingerprint density at radius 2 is 1.09 bits per heavy atom. The minimum absolute atomic E-state index is 0.659. The van der Waals surface area contributed by atoms with Crippen molar-refractivity contribution in [3.8, 4) is 56.4 Å². The van der Waals surface area contributed by atoms with Crippen molar-refractivity contribution in [3.63, 3.8) is 0 Å². The number of aromatic nitrogens is 3. The van der Waals surface area contributed by atoms with E-state index in [1.807, 2.05) is 35.6 Å². The van der Waals surface area contributed by atoms with Crippen LogP contribution in [0.5, 0.6) is 0 Å². The minimum atomic E-state index is 0.659. The second-order valence-corrected chi connectivity index (χ2v) is 13.0. The fraction of sp³-hybridized carbons (Fsp3) is 0.0465. The summed E-state index contributed by atoms with van der Waals surface area (Å²) in [6, 6.07) is 49.1. The average molecular weight is 620 g/mol. The third-order valence-electron chi connectivity index (χ3n) is 9.01. The molecule has 0 amide bonds. The summed E-state index contributed by atoms with van der Waals surface area (Å²) in [4.78, 5) is 16.7. The molecule has 0 fully saturated rings. The summed E-state index contributed by atoms with van der Waals surface area (Å²) in [5.74, 6) is 2.00. The number of allylic oxidation sites excluding steroid dienone is 1. The van der Waals surface area contributed by atoms with Crippen LogP contribution >= 0.6 is 11.3 Å². The second kappa shape index (κ2) is 11.6. The molecule has 9 rings (SSSR count). The number of aryl methyl sites for hydroxylation is 1. The van der Waals surface area contributed by atoms with E-state index >= 15 is 0 Å². The first kappa shape index (κ1) is 27.6. The number of fused-ring (bicyclic) bond motifs is 4. The van der Waals surface area contributed by atoms with Crippen LogP contribution in [0.3, 0.4) is 0 Å². The molecule has 0 aliphatic heterocycles. The molecule has 0 saturated carbocycles. The number of benzene rings is 6. The zero-order valence-corrected chi connectivity index (χ0v) is 26.4. The van der Waals surface area contributed by atoms with Crippen molar-refractivity contribution in [2.75, 3.05) is 0 Å². The lowest BCUT2D eigenvalue weighted by Crippen LogP contribution is -2.00. The molecule has 2 heterocycles. The lowest BCUT2D eigenvalue weighted by molar-refractivity contribution is 1.01. The van der Waals surface area contributed by atoms with Gasteiger partial charge < -0.3 is 0 Å². The van der Waals surface area contributed by atoms with Crippen molar-refractivity contribution in [2.24, 2.45) is 0 Å². The number of nitrogens with zero attached hydrogens (tertiary/aromatic N) is 3. The van der Waals surface area contributed by atoms with Gasteiger partial charge in [0.25, 0.3) is 0 Å². The van der Waals surface area contributed by atoms with E-state index in [2.05, 4.69) is 127 Å². The first-order valence-electron chi connectivity index (χ1n) is 16.0. The summed E-state index contributed by atoms with van der Waals surface area (Å²) < 4.78 is 1.31. The van der Waals surface area contributed by atoms with Gasteiger partial charge in [0.2, 0.25) is 0 Å². The normalized spacial score (nSPS) is 12.4.